The van der Waals surface area contributed by atoms with Gasteiger partial charge >= 0.3 is 0 Å². The molecule has 5 saturated carbocycles. The Kier molecular flexibility index (Phi) is 4.62. The zero-order chi connectivity index (χ0) is 22.6. The summed E-state index contributed by atoms with van der Waals surface area (Å²) in [6.45, 7) is 16.7. The molecule has 0 spiro atoms. The van der Waals surface area contributed by atoms with Crippen molar-refractivity contribution in [3.8, 4) is 0 Å². The fourth-order valence-electron chi connectivity index (χ4n) is 11.2. The maximum absolute atomic E-state index is 12.9. The molecule has 0 aromatic carbocycles. The van der Waals surface area contributed by atoms with Crippen LogP contribution in [-0.4, -0.2) is 11.6 Å². The summed E-state index contributed by atoms with van der Waals surface area (Å²) < 4.78 is 0. The van der Waals surface area contributed by atoms with Gasteiger partial charge in [-0.1, -0.05) is 41.5 Å². The average Bonchev–Trinajstić information content (AvgIpc) is 3.04. The second kappa shape index (κ2) is 6.47. The second-order valence-corrected chi connectivity index (χ2v) is 14.2. The van der Waals surface area contributed by atoms with Gasteiger partial charge in [0.25, 0.3) is 0 Å². The maximum Gasteiger partial charge on any atom is 0.138 e. The number of carbonyl (C=O) groups is 2. The van der Waals surface area contributed by atoms with Gasteiger partial charge in [-0.2, -0.15) is 0 Å². The van der Waals surface area contributed by atoms with Gasteiger partial charge < -0.3 is 0 Å². The number of carbonyl (C=O) groups excluding carboxylic acids is 2. The molecule has 2 heteroatoms. The largest absolute Gasteiger partial charge is 0.300 e. The Morgan fingerprint density at radius 2 is 1.48 bits per heavy atom. The first-order valence-electron chi connectivity index (χ1n) is 13.3. The minimum Gasteiger partial charge on any atom is -0.300 e. The van der Waals surface area contributed by atoms with Crippen LogP contribution in [0.25, 0.3) is 0 Å². The Morgan fingerprint density at radius 1 is 0.774 bits per heavy atom. The van der Waals surface area contributed by atoms with Crippen molar-refractivity contribution in [2.75, 3.05) is 0 Å². The van der Waals surface area contributed by atoms with Crippen molar-refractivity contribution in [1.82, 2.24) is 0 Å². The fraction of sp³-hybridized carbons (Fsp3) is 0.931. The van der Waals surface area contributed by atoms with E-state index in [1.54, 1.807) is 0 Å². The van der Waals surface area contributed by atoms with E-state index in [0.717, 1.165) is 19.3 Å². The quantitative estimate of drug-likeness (QED) is 0.442. The van der Waals surface area contributed by atoms with Crippen molar-refractivity contribution in [2.24, 2.45) is 56.7 Å². The molecule has 0 bridgehead atoms. The molecule has 31 heavy (non-hydrogen) atoms. The molecule has 5 rings (SSSR count). The highest BCUT2D eigenvalue weighted by Crippen LogP contribution is 2.77. The van der Waals surface area contributed by atoms with Crippen LogP contribution >= 0.6 is 0 Å². The molecule has 0 heterocycles. The van der Waals surface area contributed by atoms with Crippen LogP contribution in [0.4, 0.5) is 0 Å². The van der Waals surface area contributed by atoms with Gasteiger partial charge in [0.1, 0.15) is 11.6 Å². The topological polar surface area (TPSA) is 34.1 Å². The van der Waals surface area contributed by atoms with Crippen LogP contribution in [-0.2, 0) is 9.59 Å². The molecule has 0 saturated heterocycles. The Hall–Kier alpha value is -0.660. The lowest BCUT2D eigenvalue weighted by molar-refractivity contribution is -0.233. The molecule has 2 nitrogen and oxygen atoms in total. The normalized spacial score (nSPS) is 55.6. The van der Waals surface area contributed by atoms with Gasteiger partial charge in [0.2, 0.25) is 0 Å². The Bertz CT molecular complexity index is 812. The summed E-state index contributed by atoms with van der Waals surface area (Å²) in [7, 11) is 0. The van der Waals surface area contributed by atoms with Gasteiger partial charge in [0.15, 0.2) is 0 Å². The number of fused-ring (bicyclic) bond motifs is 7. The van der Waals surface area contributed by atoms with Crippen LogP contribution < -0.4 is 0 Å². The van der Waals surface area contributed by atoms with Crippen molar-refractivity contribution in [1.29, 1.82) is 0 Å². The highest BCUT2D eigenvalue weighted by atomic mass is 16.1. The van der Waals surface area contributed by atoms with Crippen LogP contribution in [0, 0.1) is 56.7 Å². The minimum absolute atomic E-state index is 0.164. The van der Waals surface area contributed by atoms with Crippen molar-refractivity contribution >= 4 is 11.6 Å². The van der Waals surface area contributed by atoms with E-state index in [-0.39, 0.29) is 10.8 Å². The molecular formula is C29H46O2. The van der Waals surface area contributed by atoms with E-state index in [4.69, 9.17) is 0 Å². The van der Waals surface area contributed by atoms with Gasteiger partial charge in [-0.3, -0.25) is 9.59 Å². The summed E-state index contributed by atoms with van der Waals surface area (Å²) in [5.41, 5.74) is 1.17. The van der Waals surface area contributed by atoms with E-state index in [2.05, 4.69) is 41.5 Å². The molecule has 0 N–H and O–H groups in total. The van der Waals surface area contributed by atoms with E-state index < -0.39 is 0 Å². The van der Waals surface area contributed by atoms with Gasteiger partial charge in [0, 0.05) is 17.8 Å². The van der Waals surface area contributed by atoms with E-state index >= 15 is 0 Å². The summed E-state index contributed by atoms with van der Waals surface area (Å²) in [5, 5.41) is 0. The zero-order valence-corrected chi connectivity index (χ0v) is 21.3. The van der Waals surface area contributed by atoms with Crippen molar-refractivity contribution in [3.63, 3.8) is 0 Å². The Balaban J connectivity index is 1.55. The van der Waals surface area contributed by atoms with Gasteiger partial charge in [-0.15, -0.1) is 0 Å². The molecule has 5 aliphatic carbocycles. The molecular weight excluding hydrogens is 380 g/mol. The predicted octanol–water partition coefficient (Wildman–Crippen LogP) is 7.25. The monoisotopic (exact) mass is 426 g/mol. The summed E-state index contributed by atoms with van der Waals surface area (Å²) in [4.78, 5) is 25.6. The van der Waals surface area contributed by atoms with Crippen LogP contribution in [0.1, 0.15) is 113 Å². The van der Waals surface area contributed by atoms with Crippen LogP contribution in [0.2, 0.25) is 0 Å². The molecule has 0 radical (unpaired) electrons. The van der Waals surface area contributed by atoms with Crippen LogP contribution in [0.15, 0.2) is 0 Å². The van der Waals surface area contributed by atoms with Crippen LogP contribution in [0.5, 0.6) is 0 Å². The highest BCUT2D eigenvalue weighted by molar-refractivity contribution is 5.85. The minimum atomic E-state index is -0.164. The first-order valence-corrected chi connectivity index (χ1v) is 13.3. The SMILES string of the molecule is CC(=O)C1CCC2(C)CCC3(C)C(CCC4C5(C)CCC(=O)C(C)(C)C5CCC43C)C12. The second-order valence-electron chi connectivity index (χ2n) is 14.2. The molecule has 0 aromatic heterocycles. The van der Waals surface area contributed by atoms with E-state index in [1.165, 1.54) is 44.9 Å². The molecule has 5 fully saturated rings. The van der Waals surface area contributed by atoms with Crippen LogP contribution in [0.3, 0.4) is 0 Å². The summed E-state index contributed by atoms with van der Waals surface area (Å²) >= 11 is 0. The maximum atomic E-state index is 12.9. The lowest BCUT2D eigenvalue weighted by Gasteiger charge is -2.72. The Morgan fingerprint density at radius 3 is 2.16 bits per heavy atom. The van der Waals surface area contributed by atoms with E-state index in [0.29, 0.717) is 57.4 Å². The number of rotatable bonds is 1. The standard InChI is InChI=1S/C29H46O2/c1-18(30)19-10-13-26(4)16-17-28(6)20(24(19)26)8-9-22-27(5)14-12-23(31)25(2,3)21(27)11-15-29(22,28)7/h19-22,24H,8-17H2,1-7H3. The smallest absolute Gasteiger partial charge is 0.138 e. The van der Waals surface area contributed by atoms with Gasteiger partial charge in [-0.25, -0.2) is 0 Å². The lowest BCUT2D eigenvalue weighted by atomic mass is 9.32. The predicted molar refractivity (Wildman–Crippen MR) is 126 cm³/mol. The summed E-state index contributed by atoms with van der Waals surface area (Å²) in [6, 6.07) is 0. The molecule has 9 unspecified atom stereocenters. The third-order valence-electron chi connectivity index (χ3n) is 13.1. The third-order valence-corrected chi connectivity index (χ3v) is 13.1. The molecule has 174 valence electrons. The zero-order valence-electron chi connectivity index (χ0n) is 21.3. The molecule has 5 aliphatic rings. The first-order chi connectivity index (χ1) is 14.3. The van der Waals surface area contributed by atoms with Crippen molar-refractivity contribution in [2.45, 2.75) is 113 Å². The number of ketones is 2. The number of hydrogen-bond acceptors (Lipinski definition) is 2. The fourth-order valence-corrected chi connectivity index (χ4v) is 11.2. The van der Waals surface area contributed by atoms with Gasteiger partial charge in [-0.05, 0) is 110 Å². The van der Waals surface area contributed by atoms with E-state index in [1.807, 2.05) is 6.92 Å². The Labute approximate surface area is 190 Å². The highest BCUT2D eigenvalue weighted by Gasteiger charge is 2.70. The summed E-state index contributed by atoms with van der Waals surface area (Å²) in [5.74, 6) is 3.79. The van der Waals surface area contributed by atoms with Crippen molar-refractivity contribution in [3.05, 3.63) is 0 Å². The molecule has 0 amide bonds. The molecule has 0 aliphatic heterocycles. The van der Waals surface area contributed by atoms with E-state index in [9.17, 15) is 9.59 Å². The number of hydrogen-bond donors (Lipinski definition) is 0. The summed E-state index contributed by atoms with van der Waals surface area (Å²) in [6.07, 6.45) is 12.0. The third kappa shape index (κ3) is 2.57. The molecule has 9 atom stereocenters. The van der Waals surface area contributed by atoms with Gasteiger partial charge in [0.05, 0.1) is 0 Å². The molecule has 0 aromatic rings. The number of Topliss-reactive ketones (excluding diaryl/α,β-unsaturated/α-hetero) is 2. The van der Waals surface area contributed by atoms with Crippen molar-refractivity contribution < 1.29 is 9.59 Å². The average molecular weight is 427 g/mol. The lowest BCUT2D eigenvalue weighted by Crippen LogP contribution is -2.66. The first kappa shape index (κ1) is 22.1.